The van der Waals surface area contributed by atoms with E-state index in [9.17, 15) is 0 Å². The Kier molecular flexibility index (Phi) is 11.3. The monoisotopic (exact) mass is 395 g/mol. The van der Waals surface area contributed by atoms with E-state index in [2.05, 4.69) is 44.4 Å². The number of ether oxygens (including phenoxy) is 3. The first-order chi connectivity index (χ1) is 11.5. The van der Waals surface area contributed by atoms with Crippen LogP contribution in [0, 0.1) is 0 Å². The molecule has 0 aromatic rings. The number of hydrogen-bond donors (Lipinski definition) is 0. The maximum Gasteiger partial charge on any atom is 0.184 e. The van der Waals surface area contributed by atoms with Gasteiger partial charge in [-0.15, -0.1) is 0 Å². The van der Waals surface area contributed by atoms with Crippen LogP contribution < -0.4 is 0 Å². The predicted octanol–water partition coefficient (Wildman–Crippen LogP) is 2.74. The van der Waals surface area contributed by atoms with Gasteiger partial charge in [-0.25, -0.2) is 0 Å². The summed E-state index contributed by atoms with van der Waals surface area (Å²) in [5.41, 5.74) is 0. The summed E-state index contributed by atoms with van der Waals surface area (Å²) in [4.78, 5) is 4.79. The SMILES string of the molecule is COC[C@@H](O[Si](C)(C)C)[C@@H](O[Si](C)(C)C)[C@H](OC)[C@H](C=NOC)OC. The molecule has 0 N–H and O–H groups in total. The molecule has 0 rings (SSSR count). The molecule has 7 nitrogen and oxygen atoms in total. The van der Waals surface area contributed by atoms with Crippen LogP contribution in [0.5, 0.6) is 0 Å². The topological polar surface area (TPSA) is 67.7 Å². The van der Waals surface area contributed by atoms with Gasteiger partial charge in [0.25, 0.3) is 0 Å². The van der Waals surface area contributed by atoms with E-state index in [1.807, 2.05) is 0 Å². The first kappa shape index (κ1) is 24.7. The van der Waals surface area contributed by atoms with E-state index in [-0.39, 0.29) is 12.2 Å². The minimum atomic E-state index is -1.89. The molecule has 0 aromatic heterocycles. The Bertz CT molecular complexity index is 384. The predicted molar refractivity (Wildman–Crippen MR) is 105 cm³/mol. The normalized spacial score (nSPS) is 18.2. The van der Waals surface area contributed by atoms with Gasteiger partial charge in [0.05, 0.1) is 18.9 Å². The van der Waals surface area contributed by atoms with Crippen molar-refractivity contribution in [3.8, 4) is 0 Å². The van der Waals surface area contributed by atoms with Crippen molar-refractivity contribution in [3.05, 3.63) is 0 Å². The highest BCUT2D eigenvalue weighted by molar-refractivity contribution is 6.70. The average molecular weight is 396 g/mol. The number of rotatable bonds is 13. The van der Waals surface area contributed by atoms with Crippen molar-refractivity contribution in [1.29, 1.82) is 0 Å². The molecule has 0 aromatic carbocycles. The summed E-state index contributed by atoms with van der Waals surface area (Å²) in [5.74, 6) is 0. The molecule has 0 unspecified atom stereocenters. The van der Waals surface area contributed by atoms with Crippen LogP contribution in [0.1, 0.15) is 0 Å². The van der Waals surface area contributed by atoms with Gasteiger partial charge in [0, 0.05) is 21.3 Å². The Hall–Kier alpha value is -0.296. The lowest BCUT2D eigenvalue weighted by molar-refractivity contribution is -0.111. The molecule has 0 radical (unpaired) electrons. The zero-order valence-electron chi connectivity index (χ0n) is 17.5. The van der Waals surface area contributed by atoms with Gasteiger partial charge in [-0.1, -0.05) is 5.16 Å². The molecule has 25 heavy (non-hydrogen) atoms. The Morgan fingerprint density at radius 2 is 1.36 bits per heavy atom. The standard InChI is InChI=1S/C16H37NO6Si2/c1-18-12-14(22-24(5,6)7)16(23-25(8,9)10)15(20-3)13(19-2)11-17-21-4/h11,13-16H,12H2,1-10H3/t13-,14+,15+,16+/m0/s1. The second-order valence-corrected chi connectivity index (χ2v) is 16.7. The van der Waals surface area contributed by atoms with Crippen molar-refractivity contribution >= 4 is 22.8 Å². The van der Waals surface area contributed by atoms with Gasteiger partial charge in [0.2, 0.25) is 0 Å². The van der Waals surface area contributed by atoms with Crippen molar-refractivity contribution in [1.82, 2.24) is 0 Å². The number of oxime groups is 1. The highest BCUT2D eigenvalue weighted by atomic mass is 28.4. The van der Waals surface area contributed by atoms with E-state index in [1.54, 1.807) is 27.5 Å². The average Bonchev–Trinajstić information content (AvgIpc) is 2.47. The molecule has 0 amide bonds. The van der Waals surface area contributed by atoms with Crippen LogP contribution in [0.2, 0.25) is 39.3 Å². The zero-order chi connectivity index (χ0) is 19.7. The van der Waals surface area contributed by atoms with Crippen LogP contribution in [-0.2, 0) is 27.9 Å². The van der Waals surface area contributed by atoms with Gasteiger partial charge >= 0.3 is 0 Å². The fourth-order valence-electron chi connectivity index (χ4n) is 2.43. The minimum absolute atomic E-state index is 0.262. The molecule has 0 saturated heterocycles. The van der Waals surface area contributed by atoms with Crippen molar-refractivity contribution in [2.75, 3.05) is 35.0 Å². The van der Waals surface area contributed by atoms with Gasteiger partial charge in [-0.3, -0.25) is 0 Å². The first-order valence-corrected chi connectivity index (χ1v) is 15.3. The molecule has 0 bridgehead atoms. The van der Waals surface area contributed by atoms with E-state index in [0.717, 1.165) is 0 Å². The molecule has 0 heterocycles. The largest absolute Gasteiger partial charge is 0.410 e. The Morgan fingerprint density at radius 1 is 0.800 bits per heavy atom. The lowest BCUT2D eigenvalue weighted by atomic mass is 10.0. The van der Waals surface area contributed by atoms with Crippen LogP contribution in [0.15, 0.2) is 5.16 Å². The quantitative estimate of drug-likeness (QED) is 0.271. The smallest absolute Gasteiger partial charge is 0.184 e. The third kappa shape index (κ3) is 10.4. The van der Waals surface area contributed by atoms with Gasteiger partial charge in [-0.05, 0) is 39.3 Å². The molecular formula is C16H37NO6Si2. The molecule has 0 aliphatic carbocycles. The number of nitrogens with zero attached hydrogens (tertiary/aromatic N) is 1. The number of methoxy groups -OCH3 is 3. The third-order valence-electron chi connectivity index (χ3n) is 3.20. The second kappa shape index (κ2) is 11.4. The second-order valence-electron chi connectivity index (χ2n) is 7.76. The van der Waals surface area contributed by atoms with E-state index in [1.165, 1.54) is 7.11 Å². The summed E-state index contributed by atoms with van der Waals surface area (Å²) in [6, 6.07) is 0. The molecule has 150 valence electrons. The van der Waals surface area contributed by atoms with E-state index >= 15 is 0 Å². The zero-order valence-corrected chi connectivity index (χ0v) is 19.5. The van der Waals surface area contributed by atoms with Crippen LogP contribution in [-0.4, -0.2) is 82.3 Å². The molecule has 0 fully saturated rings. The van der Waals surface area contributed by atoms with Gasteiger partial charge < -0.3 is 27.9 Å². The van der Waals surface area contributed by atoms with Crippen LogP contribution in [0.3, 0.4) is 0 Å². The molecule has 0 aliphatic heterocycles. The molecular weight excluding hydrogens is 358 g/mol. The van der Waals surface area contributed by atoms with Crippen molar-refractivity contribution in [2.45, 2.75) is 63.7 Å². The summed E-state index contributed by atoms with van der Waals surface area (Å²) in [5, 5.41) is 3.83. The van der Waals surface area contributed by atoms with Crippen molar-refractivity contribution in [2.24, 2.45) is 5.16 Å². The lowest BCUT2D eigenvalue weighted by Gasteiger charge is -2.40. The van der Waals surface area contributed by atoms with Crippen LogP contribution in [0.25, 0.3) is 0 Å². The summed E-state index contributed by atoms with van der Waals surface area (Å²) in [6.45, 7) is 13.2. The molecule has 9 heteroatoms. The summed E-state index contributed by atoms with van der Waals surface area (Å²) in [6.07, 6.45) is 0.120. The van der Waals surface area contributed by atoms with E-state index < -0.39 is 28.8 Å². The maximum atomic E-state index is 6.46. The molecule has 0 aliphatic rings. The highest BCUT2D eigenvalue weighted by Gasteiger charge is 2.40. The molecule has 4 atom stereocenters. The van der Waals surface area contributed by atoms with Crippen molar-refractivity contribution < 1.29 is 27.9 Å². The van der Waals surface area contributed by atoms with E-state index in [0.29, 0.717) is 6.61 Å². The Balaban J connectivity index is 5.75. The fourth-order valence-corrected chi connectivity index (χ4v) is 4.65. The minimum Gasteiger partial charge on any atom is -0.410 e. The molecule has 0 spiro atoms. The first-order valence-electron chi connectivity index (χ1n) is 8.46. The summed E-state index contributed by atoms with van der Waals surface area (Å²) >= 11 is 0. The number of hydrogen-bond acceptors (Lipinski definition) is 7. The van der Waals surface area contributed by atoms with Crippen molar-refractivity contribution in [3.63, 3.8) is 0 Å². The summed E-state index contributed by atoms with van der Waals surface area (Å²) in [7, 11) is 2.68. The Morgan fingerprint density at radius 3 is 1.72 bits per heavy atom. The van der Waals surface area contributed by atoms with Crippen LogP contribution >= 0.6 is 0 Å². The summed E-state index contributed by atoms with van der Waals surface area (Å²) < 4.78 is 29.6. The van der Waals surface area contributed by atoms with Gasteiger partial charge in [-0.2, -0.15) is 0 Å². The van der Waals surface area contributed by atoms with E-state index in [4.69, 9.17) is 27.9 Å². The fraction of sp³-hybridized carbons (Fsp3) is 0.938. The Labute approximate surface area is 155 Å². The van der Waals surface area contributed by atoms with Gasteiger partial charge in [0.15, 0.2) is 16.6 Å². The highest BCUT2D eigenvalue weighted by Crippen LogP contribution is 2.23. The third-order valence-corrected chi connectivity index (χ3v) is 5.19. The molecule has 0 saturated carbocycles. The maximum absolute atomic E-state index is 6.46. The lowest BCUT2D eigenvalue weighted by Crippen LogP contribution is -2.56. The van der Waals surface area contributed by atoms with Gasteiger partial charge in [0.1, 0.15) is 25.4 Å². The van der Waals surface area contributed by atoms with Crippen LogP contribution in [0.4, 0.5) is 0 Å².